The standard InChI is InChI=1S/C29H28O4S/c1-4-33-28(30)23-15-12-21(13-16-23)10-11-22-14-17-26-25(20-22)27(18-19-29(26,2)3)34(31,32)24-8-6-5-7-9-24/h5-18,20H,4,19H2,1-3H3/b11-10+. The lowest BCUT2D eigenvalue weighted by molar-refractivity contribution is 0.0526. The van der Waals surface area contributed by atoms with E-state index in [0.717, 1.165) is 22.3 Å². The highest BCUT2D eigenvalue weighted by atomic mass is 32.2. The summed E-state index contributed by atoms with van der Waals surface area (Å²) in [6.07, 6.45) is 6.41. The molecule has 0 fully saturated rings. The fourth-order valence-corrected chi connectivity index (χ4v) is 5.68. The molecule has 0 atom stereocenters. The second kappa shape index (κ2) is 9.43. The first-order valence-electron chi connectivity index (χ1n) is 11.3. The Balaban J connectivity index is 1.68. The van der Waals surface area contributed by atoms with Gasteiger partial charge in [-0.25, -0.2) is 13.2 Å². The summed E-state index contributed by atoms with van der Waals surface area (Å²) in [5.41, 5.74) is 3.96. The predicted octanol–water partition coefficient (Wildman–Crippen LogP) is 6.53. The molecule has 0 aliphatic heterocycles. The van der Waals surface area contributed by atoms with Gasteiger partial charge in [-0.05, 0) is 71.3 Å². The molecule has 0 unspecified atom stereocenters. The Kier molecular flexibility index (Phi) is 6.58. The number of carbonyl (C=O) groups is 1. The number of esters is 1. The Morgan fingerprint density at radius 3 is 2.26 bits per heavy atom. The molecule has 0 saturated carbocycles. The van der Waals surface area contributed by atoms with Crippen molar-refractivity contribution in [1.82, 2.24) is 0 Å². The lowest BCUT2D eigenvalue weighted by atomic mass is 9.75. The SMILES string of the molecule is CCOC(=O)c1ccc(/C=C/c2ccc3c(c2)C(S(=O)(=O)c2ccccc2)=CCC3(C)C)cc1. The van der Waals surface area contributed by atoms with Crippen molar-refractivity contribution in [2.45, 2.75) is 37.5 Å². The summed E-state index contributed by atoms with van der Waals surface area (Å²) >= 11 is 0. The number of allylic oxidation sites excluding steroid dienone is 1. The molecule has 0 aromatic heterocycles. The summed E-state index contributed by atoms with van der Waals surface area (Å²) in [5, 5.41) is 0. The molecule has 0 heterocycles. The van der Waals surface area contributed by atoms with E-state index in [-0.39, 0.29) is 11.4 Å². The van der Waals surface area contributed by atoms with Crippen LogP contribution >= 0.6 is 0 Å². The molecule has 5 heteroatoms. The third kappa shape index (κ3) is 4.75. The van der Waals surface area contributed by atoms with Crippen LogP contribution in [0.5, 0.6) is 0 Å². The average Bonchev–Trinajstić information content (AvgIpc) is 2.83. The third-order valence-corrected chi connectivity index (χ3v) is 7.93. The summed E-state index contributed by atoms with van der Waals surface area (Å²) < 4.78 is 31.9. The zero-order valence-electron chi connectivity index (χ0n) is 19.6. The van der Waals surface area contributed by atoms with E-state index in [1.54, 1.807) is 43.3 Å². The van der Waals surface area contributed by atoms with Crippen LogP contribution in [0.2, 0.25) is 0 Å². The van der Waals surface area contributed by atoms with Crippen LogP contribution < -0.4 is 0 Å². The van der Waals surface area contributed by atoms with Gasteiger partial charge in [0.1, 0.15) is 0 Å². The fraction of sp³-hybridized carbons (Fsp3) is 0.207. The van der Waals surface area contributed by atoms with Crippen LogP contribution in [0.4, 0.5) is 0 Å². The van der Waals surface area contributed by atoms with Gasteiger partial charge >= 0.3 is 5.97 Å². The molecule has 1 aliphatic rings. The van der Waals surface area contributed by atoms with Crippen molar-refractivity contribution in [3.63, 3.8) is 0 Å². The van der Waals surface area contributed by atoms with Crippen molar-refractivity contribution >= 4 is 32.9 Å². The second-order valence-corrected chi connectivity index (χ2v) is 10.9. The van der Waals surface area contributed by atoms with Crippen LogP contribution in [0.25, 0.3) is 17.1 Å². The molecule has 174 valence electrons. The number of benzene rings is 3. The molecule has 0 saturated heterocycles. The summed E-state index contributed by atoms with van der Waals surface area (Å²) in [5.74, 6) is -0.339. The van der Waals surface area contributed by atoms with E-state index < -0.39 is 9.84 Å². The van der Waals surface area contributed by atoms with Crippen LogP contribution in [0.15, 0.2) is 83.8 Å². The number of carbonyl (C=O) groups excluding carboxylic acids is 1. The van der Waals surface area contributed by atoms with E-state index in [9.17, 15) is 13.2 Å². The largest absolute Gasteiger partial charge is 0.462 e. The van der Waals surface area contributed by atoms with E-state index in [2.05, 4.69) is 13.8 Å². The zero-order chi connectivity index (χ0) is 24.3. The lowest BCUT2D eigenvalue weighted by Crippen LogP contribution is -2.23. The van der Waals surface area contributed by atoms with Gasteiger partial charge in [-0.15, -0.1) is 0 Å². The van der Waals surface area contributed by atoms with Crippen LogP contribution in [-0.2, 0) is 20.0 Å². The fourth-order valence-electron chi connectivity index (χ4n) is 4.15. The Morgan fingerprint density at radius 1 is 0.941 bits per heavy atom. The minimum atomic E-state index is -3.63. The topological polar surface area (TPSA) is 60.4 Å². The monoisotopic (exact) mass is 472 g/mol. The Hall–Kier alpha value is -3.44. The molecule has 34 heavy (non-hydrogen) atoms. The minimum absolute atomic E-state index is 0.157. The van der Waals surface area contributed by atoms with Crippen molar-refractivity contribution in [1.29, 1.82) is 0 Å². The van der Waals surface area contributed by atoms with Crippen LogP contribution in [0.1, 0.15) is 59.8 Å². The Labute approximate surface area is 201 Å². The highest BCUT2D eigenvalue weighted by Gasteiger charge is 2.33. The first-order valence-corrected chi connectivity index (χ1v) is 12.8. The molecule has 0 N–H and O–H groups in total. The smallest absolute Gasteiger partial charge is 0.338 e. The number of hydrogen-bond donors (Lipinski definition) is 0. The predicted molar refractivity (Wildman–Crippen MR) is 137 cm³/mol. The average molecular weight is 473 g/mol. The Bertz CT molecular complexity index is 1360. The summed E-state index contributed by atoms with van der Waals surface area (Å²) in [4.78, 5) is 12.5. The van der Waals surface area contributed by atoms with Gasteiger partial charge in [0, 0.05) is 0 Å². The zero-order valence-corrected chi connectivity index (χ0v) is 20.4. The normalized spacial score (nSPS) is 15.0. The van der Waals surface area contributed by atoms with E-state index in [0.29, 0.717) is 28.4 Å². The molecule has 4 nitrogen and oxygen atoms in total. The molecule has 0 amide bonds. The van der Waals surface area contributed by atoms with Gasteiger partial charge in [0.15, 0.2) is 0 Å². The molecular weight excluding hydrogens is 444 g/mol. The van der Waals surface area contributed by atoms with Crippen molar-refractivity contribution in [2.24, 2.45) is 0 Å². The Morgan fingerprint density at radius 2 is 1.59 bits per heavy atom. The number of sulfone groups is 1. The van der Waals surface area contributed by atoms with Gasteiger partial charge in [0.05, 0.1) is 22.0 Å². The van der Waals surface area contributed by atoms with Crippen molar-refractivity contribution in [3.05, 3.63) is 107 Å². The molecule has 4 rings (SSSR count). The molecule has 0 radical (unpaired) electrons. The molecule has 0 bridgehead atoms. The van der Waals surface area contributed by atoms with E-state index in [1.165, 1.54) is 0 Å². The number of fused-ring (bicyclic) bond motifs is 1. The van der Waals surface area contributed by atoms with Crippen molar-refractivity contribution < 1.29 is 17.9 Å². The van der Waals surface area contributed by atoms with Gasteiger partial charge in [0.25, 0.3) is 0 Å². The van der Waals surface area contributed by atoms with Crippen molar-refractivity contribution in [3.8, 4) is 0 Å². The van der Waals surface area contributed by atoms with E-state index in [1.807, 2.05) is 54.6 Å². The maximum Gasteiger partial charge on any atom is 0.338 e. The molecule has 1 aliphatic carbocycles. The third-order valence-electron chi connectivity index (χ3n) is 6.07. The highest BCUT2D eigenvalue weighted by Crippen LogP contribution is 2.43. The maximum atomic E-state index is 13.5. The van der Waals surface area contributed by atoms with Gasteiger partial charge in [-0.1, -0.05) is 74.5 Å². The summed E-state index contributed by atoms with van der Waals surface area (Å²) in [6.45, 7) is 6.39. The minimum Gasteiger partial charge on any atom is -0.462 e. The lowest BCUT2D eigenvalue weighted by Gasteiger charge is -2.32. The van der Waals surface area contributed by atoms with Crippen LogP contribution in [-0.4, -0.2) is 21.0 Å². The van der Waals surface area contributed by atoms with Gasteiger partial charge in [-0.3, -0.25) is 0 Å². The maximum absolute atomic E-state index is 13.5. The molecule has 3 aromatic carbocycles. The molecular formula is C29H28O4S. The number of hydrogen-bond acceptors (Lipinski definition) is 4. The number of ether oxygens (including phenoxy) is 1. The van der Waals surface area contributed by atoms with Gasteiger partial charge in [0.2, 0.25) is 9.84 Å². The first-order chi connectivity index (χ1) is 16.2. The van der Waals surface area contributed by atoms with Gasteiger partial charge in [-0.2, -0.15) is 0 Å². The van der Waals surface area contributed by atoms with E-state index in [4.69, 9.17) is 4.74 Å². The van der Waals surface area contributed by atoms with Crippen molar-refractivity contribution in [2.75, 3.05) is 6.61 Å². The summed E-state index contributed by atoms with van der Waals surface area (Å²) in [6, 6.07) is 21.8. The number of rotatable bonds is 6. The quantitative estimate of drug-likeness (QED) is 0.302. The highest BCUT2D eigenvalue weighted by molar-refractivity contribution is 8.00. The van der Waals surface area contributed by atoms with Gasteiger partial charge < -0.3 is 4.74 Å². The van der Waals surface area contributed by atoms with Crippen LogP contribution in [0.3, 0.4) is 0 Å². The molecule has 3 aromatic rings. The van der Waals surface area contributed by atoms with Crippen LogP contribution in [0, 0.1) is 0 Å². The molecule has 0 spiro atoms. The second-order valence-electron chi connectivity index (χ2n) is 8.95. The van der Waals surface area contributed by atoms with E-state index >= 15 is 0 Å². The first kappa shape index (κ1) is 23.7. The summed E-state index contributed by atoms with van der Waals surface area (Å²) in [7, 11) is -3.63.